The molecule has 0 spiro atoms. The Hall–Kier alpha value is -2.29. The second-order valence-electron chi connectivity index (χ2n) is 5.11. The molecule has 102 valence electrons. The molecule has 3 rings (SSSR count). The van der Waals surface area contributed by atoms with Crippen LogP contribution in [0.5, 0.6) is 0 Å². The predicted molar refractivity (Wildman–Crippen MR) is 82.5 cm³/mol. The Kier molecular flexibility index (Phi) is 3.42. The lowest BCUT2D eigenvalue weighted by Gasteiger charge is -2.30. The van der Waals surface area contributed by atoms with E-state index in [1.807, 2.05) is 37.3 Å². The number of para-hydroxylation sites is 2. The van der Waals surface area contributed by atoms with Gasteiger partial charge in [-0.2, -0.15) is 0 Å². The zero-order valence-electron chi connectivity index (χ0n) is 11.6. The molecule has 3 nitrogen and oxygen atoms in total. The summed E-state index contributed by atoms with van der Waals surface area (Å²) in [6.45, 7) is 2.89. The molecular formula is C17H18N2O. The molecule has 0 radical (unpaired) electrons. The Morgan fingerprint density at radius 1 is 1.05 bits per heavy atom. The van der Waals surface area contributed by atoms with E-state index in [1.165, 1.54) is 0 Å². The smallest absolute Gasteiger partial charge is 0.224 e. The number of carbonyl (C=O) groups is 1. The van der Waals surface area contributed by atoms with Crippen molar-refractivity contribution >= 4 is 23.0 Å². The summed E-state index contributed by atoms with van der Waals surface area (Å²) in [5, 5.41) is 3.05. The Labute approximate surface area is 119 Å². The van der Waals surface area contributed by atoms with Crippen LogP contribution in [0.3, 0.4) is 0 Å². The summed E-state index contributed by atoms with van der Waals surface area (Å²) in [5.74, 6) is 0.105. The van der Waals surface area contributed by atoms with Crippen LogP contribution in [0.25, 0.3) is 0 Å². The molecule has 1 aliphatic heterocycles. The SMILES string of the molecule is Cc1cccc2c1NC(=O)CCCN2c1ccccc1. The van der Waals surface area contributed by atoms with E-state index >= 15 is 0 Å². The van der Waals surface area contributed by atoms with Crippen molar-refractivity contribution in [3.63, 3.8) is 0 Å². The second kappa shape index (κ2) is 5.37. The van der Waals surface area contributed by atoms with Gasteiger partial charge < -0.3 is 10.2 Å². The maximum atomic E-state index is 11.9. The molecule has 1 N–H and O–H groups in total. The Morgan fingerprint density at radius 2 is 1.85 bits per heavy atom. The number of nitrogens with one attached hydrogen (secondary N) is 1. The number of fused-ring (bicyclic) bond motifs is 1. The van der Waals surface area contributed by atoms with Gasteiger partial charge >= 0.3 is 0 Å². The molecule has 3 heteroatoms. The number of nitrogens with zero attached hydrogens (tertiary/aromatic N) is 1. The van der Waals surface area contributed by atoms with Crippen molar-refractivity contribution in [1.29, 1.82) is 0 Å². The first kappa shape index (κ1) is 12.7. The maximum Gasteiger partial charge on any atom is 0.224 e. The number of aryl methyl sites for hydroxylation is 1. The molecule has 1 heterocycles. The van der Waals surface area contributed by atoms with Gasteiger partial charge in [0.2, 0.25) is 5.91 Å². The van der Waals surface area contributed by atoms with Gasteiger partial charge in [-0.25, -0.2) is 0 Å². The minimum atomic E-state index is 0.105. The molecule has 0 unspecified atom stereocenters. The average Bonchev–Trinajstić information content (AvgIpc) is 2.45. The van der Waals surface area contributed by atoms with Crippen LogP contribution in [-0.4, -0.2) is 12.5 Å². The lowest BCUT2D eigenvalue weighted by Crippen LogP contribution is -2.26. The fraction of sp³-hybridized carbons (Fsp3) is 0.235. The number of hydrogen-bond acceptors (Lipinski definition) is 2. The van der Waals surface area contributed by atoms with E-state index < -0.39 is 0 Å². The molecule has 1 amide bonds. The van der Waals surface area contributed by atoms with Crippen LogP contribution in [0.15, 0.2) is 48.5 Å². The lowest BCUT2D eigenvalue weighted by molar-refractivity contribution is -0.116. The highest BCUT2D eigenvalue weighted by Crippen LogP contribution is 2.35. The Balaban J connectivity index is 2.11. The summed E-state index contributed by atoms with van der Waals surface area (Å²) >= 11 is 0. The molecule has 0 fully saturated rings. The molecule has 0 aliphatic carbocycles. The first-order valence-electron chi connectivity index (χ1n) is 6.98. The van der Waals surface area contributed by atoms with E-state index in [1.54, 1.807) is 0 Å². The topological polar surface area (TPSA) is 32.3 Å². The first-order chi connectivity index (χ1) is 9.75. The van der Waals surface area contributed by atoms with Gasteiger partial charge in [-0.15, -0.1) is 0 Å². The van der Waals surface area contributed by atoms with E-state index in [0.717, 1.165) is 35.6 Å². The highest BCUT2D eigenvalue weighted by molar-refractivity contribution is 5.97. The van der Waals surface area contributed by atoms with Crippen molar-refractivity contribution in [3.05, 3.63) is 54.1 Å². The zero-order valence-corrected chi connectivity index (χ0v) is 11.6. The summed E-state index contributed by atoms with van der Waals surface area (Å²) in [6.07, 6.45) is 1.42. The van der Waals surface area contributed by atoms with Gasteiger partial charge in [0.1, 0.15) is 0 Å². The van der Waals surface area contributed by atoms with E-state index in [-0.39, 0.29) is 5.91 Å². The zero-order chi connectivity index (χ0) is 13.9. The van der Waals surface area contributed by atoms with Crippen LogP contribution in [-0.2, 0) is 4.79 Å². The van der Waals surface area contributed by atoms with Crippen LogP contribution in [0.2, 0.25) is 0 Å². The van der Waals surface area contributed by atoms with Crippen molar-refractivity contribution in [2.45, 2.75) is 19.8 Å². The van der Waals surface area contributed by atoms with Crippen molar-refractivity contribution in [1.82, 2.24) is 0 Å². The van der Waals surface area contributed by atoms with Crippen LogP contribution < -0.4 is 10.2 Å². The molecular weight excluding hydrogens is 248 g/mol. The highest BCUT2D eigenvalue weighted by atomic mass is 16.1. The number of amides is 1. The van der Waals surface area contributed by atoms with Gasteiger partial charge in [0.15, 0.2) is 0 Å². The van der Waals surface area contributed by atoms with Crippen LogP contribution in [0, 0.1) is 6.92 Å². The minimum Gasteiger partial charge on any atom is -0.340 e. The normalized spacial score (nSPS) is 15.1. The number of carbonyl (C=O) groups excluding carboxylic acids is 1. The third-order valence-corrected chi connectivity index (χ3v) is 3.66. The molecule has 20 heavy (non-hydrogen) atoms. The number of anilines is 3. The minimum absolute atomic E-state index is 0.105. The van der Waals surface area contributed by atoms with Gasteiger partial charge in [0.25, 0.3) is 0 Å². The van der Waals surface area contributed by atoms with E-state index in [9.17, 15) is 4.79 Å². The van der Waals surface area contributed by atoms with Crippen molar-refractivity contribution in [2.24, 2.45) is 0 Å². The molecule has 0 bridgehead atoms. The van der Waals surface area contributed by atoms with E-state index in [4.69, 9.17) is 0 Å². The molecule has 0 atom stereocenters. The fourth-order valence-electron chi connectivity index (χ4n) is 2.64. The maximum absolute atomic E-state index is 11.9. The molecule has 2 aromatic rings. The largest absolute Gasteiger partial charge is 0.340 e. The Morgan fingerprint density at radius 3 is 2.65 bits per heavy atom. The second-order valence-corrected chi connectivity index (χ2v) is 5.11. The average molecular weight is 266 g/mol. The molecule has 1 aliphatic rings. The molecule has 0 aromatic heterocycles. The number of hydrogen-bond donors (Lipinski definition) is 1. The van der Waals surface area contributed by atoms with Crippen LogP contribution in [0.4, 0.5) is 17.1 Å². The van der Waals surface area contributed by atoms with Gasteiger partial charge in [0.05, 0.1) is 11.4 Å². The van der Waals surface area contributed by atoms with Gasteiger partial charge in [-0.3, -0.25) is 4.79 Å². The van der Waals surface area contributed by atoms with Crippen LogP contribution in [0.1, 0.15) is 18.4 Å². The van der Waals surface area contributed by atoms with Gasteiger partial charge in [0, 0.05) is 18.7 Å². The summed E-state index contributed by atoms with van der Waals surface area (Å²) in [5.41, 5.74) is 4.26. The highest BCUT2D eigenvalue weighted by Gasteiger charge is 2.19. The summed E-state index contributed by atoms with van der Waals surface area (Å²) in [7, 11) is 0. The van der Waals surface area contributed by atoms with E-state index in [2.05, 4.69) is 28.4 Å². The van der Waals surface area contributed by atoms with Crippen LogP contribution >= 0.6 is 0 Å². The fourth-order valence-corrected chi connectivity index (χ4v) is 2.64. The Bertz CT molecular complexity index is 622. The summed E-state index contributed by atoms with van der Waals surface area (Å²) < 4.78 is 0. The summed E-state index contributed by atoms with van der Waals surface area (Å²) in [6, 6.07) is 16.5. The first-order valence-corrected chi connectivity index (χ1v) is 6.98. The van der Waals surface area contributed by atoms with Gasteiger partial charge in [-0.1, -0.05) is 30.3 Å². The summed E-state index contributed by atoms with van der Waals surface area (Å²) in [4.78, 5) is 14.1. The third kappa shape index (κ3) is 2.39. The van der Waals surface area contributed by atoms with Gasteiger partial charge in [-0.05, 0) is 37.1 Å². The van der Waals surface area contributed by atoms with E-state index in [0.29, 0.717) is 6.42 Å². The number of benzene rings is 2. The monoisotopic (exact) mass is 266 g/mol. The molecule has 0 saturated carbocycles. The van der Waals surface area contributed by atoms with Crippen molar-refractivity contribution in [2.75, 3.05) is 16.8 Å². The predicted octanol–water partition coefficient (Wildman–Crippen LogP) is 3.87. The van der Waals surface area contributed by atoms with Crippen molar-refractivity contribution < 1.29 is 4.79 Å². The lowest BCUT2D eigenvalue weighted by atomic mass is 10.1. The number of rotatable bonds is 1. The quantitative estimate of drug-likeness (QED) is 0.850. The molecule has 2 aromatic carbocycles. The third-order valence-electron chi connectivity index (χ3n) is 3.66. The van der Waals surface area contributed by atoms with Crippen molar-refractivity contribution in [3.8, 4) is 0 Å². The standard InChI is InChI=1S/C17H18N2O/c1-13-7-5-10-15-17(13)18-16(20)11-6-12-19(15)14-8-3-2-4-9-14/h2-5,7-10H,6,11-12H2,1H3,(H,18,20). The molecule has 0 saturated heterocycles.